The molecule has 0 saturated carbocycles. The van der Waals surface area contributed by atoms with E-state index in [9.17, 15) is 0 Å². The third kappa shape index (κ3) is 3.54. The van der Waals surface area contributed by atoms with Gasteiger partial charge in [0.2, 0.25) is 0 Å². The minimum atomic E-state index is 0.0778. The standard InChI is InChI=1S/C13H23N3O/c1-13(2)7-4-12(17-13)10-14-8-5-11-6-9-15-16(11)3/h6,9,12,14H,4-5,7-8,10H2,1-3H3. The second-order valence-electron chi connectivity index (χ2n) is 5.44. The summed E-state index contributed by atoms with van der Waals surface area (Å²) in [7, 11) is 1.98. The van der Waals surface area contributed by atoms with Gasteiger partial charge >= 0.3 is 0 Å². The van der Waals surface area contributed by atoms with Gasteiger partial charge in [0.25, 0.3) is 0 Å². The van der Waals surface area contributed by atoms with Gasteiger partial charge in [-0.15, -0.1) is 0 Å². The molecule has 1 fully saturated rings. The molecule has 1 N–H and O–H groups in total. The predicted octanol–water partition coefficient (Wildman–Crippen LogP) is 1.51. The Hall–Kier alpha value is -0.870. The maximum atomic E-state index is 5.93. The van der Waals surface area contributed by atoms with Crippen LogP contribution >= 0.6 is 0 Å². The summed E-state index contributed by atoms with van der Waals surface area (Å²) in [6.45, 7) is 6.28. The minimum absolute atomic E-state index is 0.0778. The number of nitrogens with one attached hydrogen (secondary N) is 1. The quantitative estimate of drug-likeness (QED) is 0.789. The first-order valence-corrected chi connectivity index (χ1v) is 6.42. The molecule has 2 heterocycles. The first-order chi connectivity index (χ1) is 8.07. The van der Waals surface area contributed by atoms with E-state index < -0.39 is 0 Å². The molecule has 2 rings (SSSR count). The van der Waals surface area contributed by atoms with Gasteiger partial charge in [-0.2, -0.15) is 5.10 Å². The van der Waals surface area contributed by atoms with E-state index in [-0.39, 0.29) is 5.60 Å². The van der Waals surface area contributed by atoms with Crippen molar-refractivity contribution in [3.05, 3.63) is 18.0 Å². The van der Waals surface area contributed by atoms with Crippen molar-refractivity contribution < 1.29 is 4.74 Å². The highest BCUT2D eigenvalue weighted by Crippen LogP contribution is 2.28. The Labute approximate surface area is 103 Å². The zero-order valence-electron chi connectivity index (χ0n) is 11.1. The zero-order valence-corrected chi connectivity index (χ0v) is 11.1. The van der Waals surface area contributed by atoms with E-state index in [4.69, 9.17) is 4.74 Å². The van der Waals surface area contributed by atoms with Crippen molar-refractivity contribution in [2.24, 2.45) is 7.05 Å². The summed E-state index contributed by atoms with van der Waals surface area (Å²) >= 11 is 0. The van der Waals surface area contributed by atoms with Crippen LogP contribution in [-0.2, 0) is 18.2 Å². The topological polar surface area (TPSA) is 39.1 Å². The van der Waals surface area contributed by atoms with Crippen LogP contribution in [0.3, 0.4) is 0 Å². The van der Waals surface area contributed by atoms with Crippen LogP contribution in [0.1, 0.15) is 32.4 Å². The van der Waals surface area contributed by atoms with E-state index in [1.807, 2.05) is 17.9 Å². The first-order valence-electron chi connectivity index (χ1n) is 6.42. The van der Waals surface area contributed by atoms with Gasteiger partial charge in [-0.1, -0.05) is 0 Å². The number of rotatable bonds is 5. The Morgan fingerprint density at radius 3 is 3.00 bits per heavy atom. The number of hydrogen-bond acceptors (Lipinski definition) is 3. The number of hydrogen-bond donors (Lipinski definition) is 1. The fraction of sp³-hybridized carbons (Fsp3) is 0.769. The maximum absolute atomic E-state index is 5.93. The second-order valence-corrected chi connectivity index (χ2v) is 5.44. The highest BCUT2D eigenvalue weighted by molar-refractivity contribution is 5.00. The van der Waals surface area contributed by atoms with Crippen LogP contribution < -0.4 is 5.32 Å². The van der Waals surface area contributed by atoms with Crippen molar-refractivity contribution in [1.29, 1.82) is 0 Å². The van der Waals surface area contributed by atoms with Crippen molar-refractivity contribution in [1.82, 2.24) is 15.1 Å². The molecule has 0 aliphatic carbocycles. The summed E-state index contributed by atoms with van der Waals surface area (Å²) < 4.78 is 7.86. The molecule has 1 aromatic rings. The molecule has 1 aliphatic rings. The van der Waals surface area contributed by atoms with Gasteiger partial charge in [0.05, 0.1) is 11.7 Å². The van der Waals surface area contributed by atoms with Crippen LogP contribution in [0.25, 0.3) is 0 Å². The number of ether oxygens (including phenoxy) is 1. The van der Waals surface area contributed by atoms with E-state index >= 15 is 0 Å². The predicted molar refractivity (Wildman–Crippen MR) is 68.0 cm³/mol. The van der Waals surface area contributed by atoms with Crippen LogP contribution in [0, 0.1) is 0 Å². The molecule has 1 aromatic heterocycles. The van der Waals surface area contributed by atoms with Crippen molar-refractivity contribution in [3.63, 3.8) is 0 Å². The fourth-order valence-corrected chi connectivity index (χ4v) is 2.35. The lowest BCUT2D eigenvalue weighted by Crippen LogP contribution is -2.30. The molecule has 0 bridgehead atoms. The molecule has 0 radical (unpaired) electrons. The Bertz CT molecular complexity index is 359. The lowest BCUT2D eigenvalue weighted by molar-refractivity contribution is -0.0140. The van der Waals surface area contributed by atoms with Crippen molar-refractivity contribution in [2.45, 2.75) is 44.8 Å². The number of aromatic nitrogens is 2. The maximum Gasteiger partial charge on any atom is 0.0707 e. The molecule has 1 saturated heterocycles. The first kappa shape index (κ1) is 12.6. The van der Waals surface area contributed by atoms with Gasteiger partial charge in [0, 0.05) is 38.4 Å². The molecular weight excluding hydrogens is 214 g/mol. The smallest absolute Gasteiger partial charge is 0.0707 e. The van der Waals surface area contributed by atoms with Gasteiger partial charge in [-0.3, -0.25) is 4.68 Å². The normalized spacial score (nSPS) is 23.1. The highest BCUT2D eigenvalue weighted by Gasteiger charge is 2.30. The fourth-order valence-electron chi connectivity index (χ4n) is 2.35. The van der Waals surface area contributed by atoms with Gasteiger partial charge in [0.15, 0.2) is 0 Å². The van der Waals surface area contributed by atoms with E-state index in [0.29, 0.717) is 6.10 Å². The lowest BCUT2D eigenvalue weighted by atomic mass is 10.1. The molecule has 0 aromatic carbocycles. The summed E-state index contributed by atoms with van der Waals surface area (Å²) in [6, 6.07) is 2.07. The Morgan fingerprint density at radius 2 is 2.41 bits per heavy atom. The third-order valence-corrected chi connectivity index (χ3v) is 3.41. The van der Waals surface area contributed by atoms with Gasteiger partial charge in [-0.05, 0) is 32.8 Å². The molecule has 4 heteroatoms. The molecule has 4 nitrogen and oxygen atoms in total. The molecule has 0 spiro atoms. The minimum Gasteiger partial charge on any atom is -0.371 e. The molecule has 0 amide bonds. The number of nitrogens with zero attached hydrogens (tertiary/aromatic N) is 2. The molecule has 1 atom stereocenters. The second kappa shape index (κ2) is 5.19. The van der Waals surface area contributed by atoms with Crippen molar-refractivity contribution in [2.75, 3.05) is 13.1 Å². The summed E-state index contributed by atoms with van der Waals surface area (Å²) in [6.07, 6.45) is 5.59. The molecule has 17 heavy (non-hydrogen) atoms. The summed E-state index contributed by atoms with van der Waals surface area (Å²) in [5.74, 6) is 0. The van der Waals surface area contributed by atoms with Crippen molar-refractivity contribution in [3.8, 4) is 0 Å². The Kier molecular flexibility index (Phi) is 3.84. The largest absolute Gasteiger partial charge is 0.371 e. The van der Waals surface area contributed by atoms with Gasteiger partial charge in [0.1, 0.15) is 0 Å². The number of aryl methyl sites for hydroxylation is 1. The van der Waals surface area contributed by atoms with Crippen LogP contribution in [-0.4, -0.2) is 34.6 Å². The lowest BCUT2D eigenvalue weighted by Gasteiger charge is -2.19. The average molecular weight is 237 g/mol. The van der Waals surface area contributed by atoms with Crippen LogP contribution in [0.4, 0.5) is 0 Å². The van der Waals surface area contributed by atoms with Gasteiger partial charge in [-0.25, -0.2) is 0 Å². The molecule has 1 unspecified atom stereocenters. The van der Waals surface area contributed by atoms with Crippen LogP contribution in [0.2, 0.25) is 0 Å². The summed E-state index contributed by atoms with van der Waals surface area (Å²) in [5, 5.41) is 7.62. The third-order valence-electron chi connectivity index (χ3n) is 3.41. The van der Waals surface area contributed by atoms with Crippen LogP contribution in [0.5, 0.6) is 0 Å². The SMILES string of the molecule is Cn1nccc1CCNCC1CCC(C)(C)O1. The van der Waals surface area contributed by atoms with E-state index in [0.717, 1.165) is 19.5 Å². The van der Waals surface area contributed by atoms with Crippen molar-refractivity contribution >= 4 is 0 Å². The van der Waals surface area contributed by atoms with E-state index in [2.05, 4.69) is 30.3 Å². The summed E-state index contributed by atoms with van der Waals surface area (Å²) in [4.78, 5) is 0. The van der Waals surface area contributed by atoms with Gasteiger partial charge < -0.3 is 10.1 Å². The Morgan fingerprint density at radius 1 is 1.59 bits per heavy atom. The van der Waals surface area contributed by atoms with E-state index in [1.54, 1.807) is 0 Å². The molecular formula is C13H23N3O. The van der Waals surface area contributed by atoms with Crippen LogP contribution in [0.15, 0.2) is 12.3 Å². The molecule has 96 valence electrons. The highest BCUT2D eigenvalue weighted by atomic mass is 16.5. The Balaban J connectivity index is 1.63. The summed E-state index contributed by atoms with van der Waals surface area (Å²) in [5.41, 5.74) is 1.35. The zero-order chi connectivity index (χ0) is 12.3. The van der Waals surface area contributed by atoms with E-state index in [1.165, 1.54) is 18.5 Å². The molecule has 1 aliphatic heterocycles. The average Bonchev–Trinajstić information content (AvgIpc) is 2.80. The monoisotopic (exact) mass is 237 g/mol.